The highest BCUT2D eigenvalue weighted by atomic mass is 19.1. The predicted molar refractivity (Wildman–Crippen MR) is 75.5 cm³/mol. The number of nitrogen functional groups attached to an aromatic ring is 1. The highest BCUT2D eigenvalue weighted by Gasteiger charge is 2.21. The molecule has 1 aromatic carbocycles. The lowest BCUT2D eigenvalue weighted by molar-refractivity contribution is 0.0925. The minimum Gasteiger partial charge on any atom is -0.399 e. The quantitative estimate of drug-likeness (QED) is 0.799. The van der Waals surface area contributed by atoms with Crippen molar-refractivity contribution in [3.05, 3.63) is 29.6 Å². The average Bonchev–Trinajstić information content (AvgIpc) is 2.27. The van der Waals surface area contributed by atoms with Crippen LogP contribution in [0.5, 0.6) is 0 Å². The Hall–Kier alpha value is -1.62. The Morgan fingerprint density at radius 1 is 1.42 bits per heavy atom. The molecule has 0 spiro atoms. The van der Waals surface area contributed by atoms with Gasteiger partial charge in [0.25, 0.3) is 5.91 Å². The molecule has 1 amide bonds. The van der Waals surface area contributed by atoms with E-state index in [9.17, 15) is 9.18 Å². The standard InChI is InChI=1S/C14H22FN3O/c1-14(2,9-18(3)4)8-17-13(19)11-7-10(16)5-6-12(11)15/h5-7H,8-9,16H2,1-4H3,(H,17,19). The van der Waals surface area contributed by atoms with Crippen LogP contribution in [0.3, 0.4) is 0 Å². The number of carbonyl (C=O) groups is 1. The number of halogens is 1. The molecule has 0 unspecified atom stereocenters. The summed E-state index contributed by atoms with van der Waals surface area (Å²) in [5.74, 6) is -0.992. The van der Waals surface area contributed by atoms with Crippen LogP contribution in [0.2, 0.25) is 0 Å². The summed E-state index contributed by atoms with van der Waals surface area (Å²) >= 11 is 0. The second-order valence-corrected chi connectivity index (χ2v) is 5.82. The molecule has 0 aliphatic carbocycles. The number of nitrogens with one attached hydrogen (secondary N) is 1. The van der Waals surface area contributed by atoms with Crippen molar-refractivity contribution >= 4 is 11.6 Å². The first kappa shape index (κ1) is 15.4. The highest BCUT2D eigenvalue weighted by Crippen LogP contribution is 2.16. The first-order valence-electron chi connectivity index (χ1n) is 6.19. The number of nitrogens with two attached hydrogens (primary N) is 1. The molecule has 5 heteroatoms. The Labute approximate surface area is 113 Å². The van der Waals surface area contributed by atoms with Crippen molar-refractivity contribution < 1.29 is 9.18 Å². The zero-order chi connectivity index (χ0) is 14.6. The van der Waals surface area contributed by atoms with Crippen LogP contribution in [-0.2, 0) is 0 Å². The molecular formula is C14H22FN3O. The topological polar surface area (TPSA) is 58.4 Å². The number of rotatable bonds is 5. The van der Waals surface area contributed by atoms with Crippen molar-refractivity contribution in [2.45, 2.75) is 13.8 Å². The van der Waals surface area contributed by atoms with E-state index in [2.05, 4.69) is 5.32 Å². The fourth-order valence-electron chi connectivity index (χ4n) is 2.04. The van der Waals surface area contributed by atoms with Gasteiger partial charge in [0.05, 0.1) is 5.56 Å². The van der Waals surface area contributed by atoms with Crippen molar-refractivity contribution in [3.63, 3.8) is 0 Å². The minimum atomic E-state index is -0.558. The summed E-state index contributed by atoms with van der Waals surface area (Å²) in [4.78, 5) is 14.0. The largest absolute Gasteiger partial charge is 0.399 e. The molecule has 4 nitrogen and oxygen atoms in total. The van der Waals surface area contributed by atoms with Crippen LogP contribution < -0.4 is 11.1 Å². The maximum Gasteiger partial charge on any atom is 0.254 e. The van der Waals surface area contributed by atoms with Gasteiger partial charge in [-0.2, -0.15) is 0 Å². The third-order valence-electron chi connectivity index (χ3n) is 2.71. The first-order chi connectivity index (χ1) is 8.71. The number of hydrogen-bond acceptors (Lipinski definition) is 3. The minimum absolute atomic E-state index is 0.0133. The van der Waals surface area contributed by atoms with Crippen LogP contribution in [-0.4, -0.2) is 38.0 Å². The predicted octanol–water partition coefficient (Wildman–Crippen LogP) is 1.73. The fourth-order valence-corrected chi connectivity index (χ4v) is 2.04. The van der Waals surface area contributed by atoms with Crippen LogP contribution in [0.25, 0.3) is 0 Å². The van der Waals surface area contributed by atoms with E-state index in [1.807, 2.05) is 32.8 Å². The van der Waals surface area contributed by atoms with E-state index in [0.29, 0.717) is 12.2 Å². The molecule has 106 valence electrons. The maximum atomic E-state index is 13.5. The summed E-state index contributed by atoms with van der Waals surface area (Å²) in [5, 5.41) is 2.75. The zero-order valence-corrected chi connectivity index (χ0v) is 12.0. The number of carbonyl (C=O) groups excluding carboxylic acids is 1. The Bertz CT molecular complexity index is 458. The van der Waals surface area contributed by atoms with Gasteiger partial charge in [-0.3, -0.25) is 4.79 Å². The summed E-state index contributed by atoms with van der Waals surface area (Å²) in [6, 6.07) is 3.99. The van der Waals surface area contributed by atoms with Gasteiger partial charge >= 0.3 is 0 Å². The van der Waals surface area contributed by atoms with E-state index >= 15 is 0 Å². The van der Waals surface area contributed by atoms with Crippen molar-refractivity contribution in [2.75, 3.05) is 32.9 Å². The van der Waals surface area contributed by atoms with Crippen LogP contribution in [0.15, 0.2) is 18.2 Å². The molecule has 0 saturated heterocycles. The number of anilines is 1. The zero-order valence-electron chi connectivity index (χ0n) is 12.0. The molecule has 1 aromatic rings. The van der Waals surface area contributed by atoms with Gasteiger partial charge in [-0.05, 0) is 37.7 Å². The van der Waals surface area contributed by atoms with E-state index < -0.39 is 11.7 Å². The van der Waals surface area contributed by atoms with E-state index in [1.165, 1.54) is 18.2 Å². The van der Waals surface area contributed by atoms with Gasteiger partial charge in [-0.15, -0.1) is 0 Å². The molecule has 1 rings (SSSR count). The highest BCUT2D eigenvalue weighted by molar-refractivity contribution is 5.95. The third kappa shape index (κ3) is 4.87. The van der Waals surface area contributed by atoms with Gasteiger partial charge in [0.2, 0.25) is 0 Å². The van der Waals surface area contributed by atoms with Gasteiger partial charge in [0.1, 0.15) is 5.82 Å². The lowest BCUT2D eigenvalue weighted by Crippen LogP contribution is -2.40. The van der Waals surface area contributed by atoms with Crippen LogP contribution in [0.4, 0.5) is 10.1 Å². The van der Waals surface area contributed by atoms with Crippen LogP contribution in [0.1, 0.15) is 24.2 Å². The lowest BCUT2D eigenvalue weighted by Gasteiger charge is -2.28. The molecule has 0 heterocycles. The molecule has 0 aliphatic rings. The number of benzene rings is 1. The van der Waals surface area contributed by atoms with Gasteiger partial charge in [-0.1, -0.05) is 13.8 Å². The van der Waals surface area contributed by atoms with E-state index in [4.69, 9.17) is 5.73 Å². The van der Waals surface area contributed by atoms with Gasteiger partial charge in [0, 0.05) is 18.8 Å². The van der Waals surface area contributed by atoms with Gasteiger partial charge < -0.3 is 16.0 Å². The van der Waals surface area contributed by atoms with Crippen molar-refractivity contribution in [3.8, 4) is 0 Å². The summed E-state index contributed by atoms with van der Waals surface area (Å²) in [6.45, 7) is 5.39. The van der Waals surface area contributed by atoms with Crippen molar-refractivity contribution in [1.29, 1.82) is 0 Å². The molecule has 0 aliphatic heterocycles. The molecule has 19 heavy (non-hydrogen) atoms. The van der Waals surface area contributed by atoms with Crippen molar-refractivity contribution in [1.82, 2.24) is 10.2 Å². The molecule has 0 aromatic heterocycles. The Kier molecular flexibility index (Phi) is 4.89. The number of amides is 1. The smallest absolute Gasteiger partial charge is 0.254 e. The molecule has 0 saturated carbocycles. The Balaban J connectivity index is 2.68. The number of nitrogens with zero attached hydrogens (tertiary/aromatic N) is 1. The van der Waals surface area contributed by atoms with E-state index in [0.717, 1.165) is 6.54 Å². The molecule has 0 radical (unpaired) electrons. The maximum absolute atomic E-state index is 13.5. The molecule has 0 fully saturated rings. The SMILES string of the molecule is CN(C)CC(C)(C)CNC(=O)c1cc(N)ccc1F. The normalized spacial score (nSPS) is 11.7. The fraction of sp³-hybridized carbons (Fsp3) is 0.500. The number of hydrogen-bond donors (Lipinski definition) is 2. The Morgan fingerprint density at radius 2 is 2.05 bits per heavy atom. The Morgan fingerprint density at radius 3 is 2.63 bits per heavy atom. The molecule has 0 atom stereocenters. The average molecular weight is 267 g/mol. The summed E-state index contributed by atoms with van der Waals surface area (Å²) in [7, 11) is 3.95. The van der Waals surface area contributed by atoms with Gasteiger partial charge in [0.15, 0.2) is 0 Å². The monoisotopic (exact) mass is 267 g/mol. The summed E-state index contributed by atoms with van der Waals surface area (Å²) in [5.41, 5.74) is 5.83. The summed E-state index contributed by atoms with van der Waals surface area (Å²) < 4.78 is 13.5. The molecule has 0 bridgehead atoms. The second-order valence-electron chi connectivity index (χ2n) is 5.82. The van der Waals surface area contributed by atoms with Crippen LogP contribution >= 0.6 is 0 Å². The van der Waals surface area contributed by atoms with E-state index in [-0.39, 0.29) is 11.0 Å². The lowest BCUT2D eigenvalue weighted by atomic mass is 9.93. The van der Waals surface area contributed by atoms with E-state index in [1.54, 1.807) is 0 Å². The second kappa shape index (κ2) is 6.02. The summed E-state index contributed by atoms with van der Waals surface area (Å²) in [6.07, 6.45) is 0. The van der Waals surface area contributed by atoms with Crippen LogP contribution in [0, 0.1) is 11.2 Å². The first-order valence-corrected chi connectivity index (χ1v) is 6.19. The van der Waals surface area contributed by atoms with Gasteiger partial charge in [-0.25, -0.2) is 4.39 Å². The van der Waals surface area contributed by atoms with Crippen molar-refractivity contribution in [2.24, 2.45) is 5.41 Å². The third-order valence-corrected chi connectivity index (χ3v) is 2.71. The molecule has 3 N–H and O–H groups in total. The molecular weight excluding hydrogens is 245 g/mol.